The maximum Gasteiger partial charge on any atom is 0.408 e. The van der Waals surface area contributed by atoms with Crippen LogP contribution in [0.25, 0.3) is 21.9 Å². The molecule has 0 bridgehead atoms. The molecule has 0 spiro atoms. The molecule has 2 aromatic heterocycles. The Labute approximate surface area is 184 Å². The van der Waals surface area contributed by atoms with E-state index in [1.807, 2.05) is 42.5 Å². The number of para-hydroxylation sites is 1. The summed E-state index contributed by atoms with van der Waals surface area (Å²) >= 11 is 0. The maximum absolute atomic E-state index is 12.5. The minimum atomic E-state index is -0.644. The van der Waals surface area contributed by atoms with Crippen LogP contribution in [0.4, 0.5) is 4.79 Å². The predicted molar refractivity (Wildman–Crippen MR) is 118 cm³/mol. The molecule has 0 fully saturated rings. The van der Waals surface area contributed by atoms with Crippen molar-refractivity contribution >= 4 is 28.0 Å². The number of alkyl carbamates (subject to hydrolysis) is 1. The lowest BCUT2D eigenvalue weighted by atomic mass is 10.0. The van der Waals surface area contributed by atoms with Gasteiger partial charge in [0.05, 0.1) is 25.1 Å². The molecule has 2 aromatic carbocycles. The molecule has 0 aliphatic heterocycles. The number of hydrogen-bond acceptors (Lipinski definition) is 7. The number of carbonyl (C=O) groups excluding carboxylic acids is 1. The first-order valence-corrected chi connectivity index (χ1v) is 10.4. The number of aryl methyl sites for hydroxylation is 1. The number of fused-ring (bicyclic) bond motifs is 3. The van der Waals surface area contributed by atoms with Gasteiger partial charge in [0, 0.05) is 17.2 Å². The molecule has 9 heteroatoms. The van der Waals surface area contributed by atoms with E-state index in [1.165, 1.54) is 4.68 Å². The van der Waals surface area contributed by atoms with Crippen molar-refractivity contribution in [3.8, 4) is 6.07 Å². The summed E-state index contributed by atoms with van der Waals surface area (Å²) in [5, 5.41) is 25.7. The van der Waals surface area contributed by atoms with Crippen molar-refractivity contribution in [1.82, 2.24) is 25.5 Å². The zero-order chi connectivity index (χ0) is 22.7. The van der Waals surface area contributed by atoms with Crippen molar-refractivity contribution in [2.75, 3.05) is 0 Å². The van der Waals surface area contributed by atoms with Crippen LogP contribution in [0.5, 0.6) is 0 Å². The summed E-state index contributed by atoms with van der Waals surface area (Å²) in [4.78, 5) is 12.5. The first kappa shape index (κ1) is 21.3. The molecule has 1 atom stereocenters. The molecular weight excluding hydrogens is 408 g/mol. The predicted octanol–water partition coefficient (Wildman–Crippen LogP) is 4.29. The minimum Gasteiger partial charge on any atom is -0.456 e. The third kappa shape index (κ3) is 4.70. The molecule has 0 radical (unpaired) electrons. The number of amides is 1. The first-order chi connectivity index (χ1) is 15.3. The molecule has 0 saturated heterocycles. The van der Waals surface area contributed by atoms with Gasteiger partial charge >= 0.3 is 6.09 Å². The van der Waals surface area contributed by atoms with Gasteiger partial charge in [-0.2, -0.15) is 5.26 Å². The summed E-state index contributed by atoms with van der Waals surface area (Å²) in [6.07, 6.45) is 0.100. The molecule has 0 aliphatic carbocycles. The van der Waals surface area contributed by atoms with Crippen LogP contribution in [-0.2, 0) is 17.7 Å². The second-order valence-electron chi connectivity index (χ2n) is 8.50. The Morgan fingerprint density at radius 2 is 2.00 bits per heavy atom. The van der Waals surface area contributed by atoms with Gasteiger partial charge in [-0.15, -0.1) is 5.10 Å². The number of nitriles is 1. The van der Waals surface area contributed by atoms with Crippen LogP contribution in [0.3, 0.4) is 0 Å². The monoisotopic (exact) mass is 432 g/mol. The Bertz CT molecular complexity index is 1290. The maximum atomic E-state index is 12.5. The van der Waals surface area contributed by atoms with E-state index in [9.17, 15) is 4.79 Å². The normalized spacial score (nSPS) is 12.6. The second kappa shape index (κ2) is 8.67. The van der Waals surface area contributed by atoms with E-state index in [0.29, 0.717) is 18.8 Å². The van der Waals surface area contributed by atoms with E-state index >= 15 is 0 Å². The van der Waals surface area contributed by atoms with E-state index in [0.717, 1.165) is 27.5 Å². The topological polar surface area (TPSA) is 119 Å². The van der Waals surface area contributed by atoms with Crippen LogP contribution >= 0.6 is 0 Å². The highest BCUT2D eigenvalue weighted by Gasteiger charge is 2.25. The van der Waals surface area contributed by atoms with Gasteiger partial charge in [-0.25, -0.2) is 9.48 Å². The van der Waals surface area contributed by atoms with Gasteiger partial charge in [-0.05, 0) is 48.9 Å². The summed E-state index contributed by atoms with van der Waals surface area (Å²) in [5.74, 6) is 0.454. The lowest BCUT2D eigenvalue weighted by molar-refractivity contribution is 0.0500. The minimum absolute atomic E-state index is 0.252. The Morgan fingerprint density at radius 3 is 2.78 bits per heavy atom. The highest BCUT2D eigenvalue weighted by molar-refractivity contribution is 6.04. The fraction of sp³-hybridized carbons (Fsp3) is 0.348. The highest BCUT2D eigenvalue weighted by Crippen LogP contribution is 2.30. The van der Waals surface area contributed by atoms with E-state index in [1.54, 1.807) is 20.8 Å². The molecule has 9 nitrogen and oxygen atoms in total. The number of aromatic nitrogens is 4. The Kier molecular flexibility index (Phi) is 5.77. The molecule has 0 saturated carbocycles. The number of nitrogens with one attached hydrogen (secondary N) is 1. The van der Waals surface area contributed by atoms with Crippen molar-refractivity contribution in [3.63, 3.8) is 0 Å². The third-order valence-electron chi connectivity index (χ3n) is 4.88. The molecule has 0 aliphatic rings. The zero-order valence-corrected chi connectivity index (χ0v) is 18.2. The fourth-order valence-electron chi connectivity index (χ4n) is 3.57. The van der Waals surface area contributed by atoms with Crippen molar-refractivity contribution < 1.29 is 13.9 Å². The van der Waals surface area contributed by atoms with E-state index < -0.39 is 17.7 Å². The highest BCUT2D eigenvalue weighted by atomic mass is 16.6. The summed E-state index contributed by atoms with van der Waals surface area (Å²) in [5.41, 5.74) is 1.88. The molecular formula is C23H24N6O3. The zero-order valence-electron chi connectivity index (χ0n) is 18.2. The van der Waals surface area contributed by atoms with E-state index in [-0.39, 0.29) is 6.42 Å². The van der Waals surface area contributed by atoms with E-state index in [4.69, 9.17) is 14.4 Å². The number of nitrogens with zero attached hydrogens (tertiary/aromatic N) is 5. The molecule has 2 heterocycles. The fourth-order valence-corrected chi connectivity index (χ4v) is 3.57. The van der Waals surface area contributed by atoms with Crippen LogP contribution in [0.15, 0.2) is 46.9 Å². The van der Waals surface area contributed by atoms with Gasteiger partial charge in [0.2, 0.25) is 0 Å². The van der Waals surface area contributed by atoms with Gasteiger partial charge in [0.15, 0.2) is 5.82 Å². The Morgan fingerprint density at radius 1 is 1.22 bits per heavy atom. The summed E-state index contributed by atoms with van der Waals surface area (Å²) < 4.78 is 13.0. The number of carbonyl (C=O) groups is 1. The Balaban J connectivity index is 1.65. The summed E-state index contributed by atoms with van der Waals surface area (Å²) in [6.45, 7) is 5.73. The quantitative estimate of drug-likeness (QED) is 0.482. The van der Waals surface area contributed by atoms with Crippen molar-refractivity contribution in [2.24, 2.45) is 0 Å². The van der Waals surface area contributed by atoms with E-state index in [2.05, 4.69) is 26.9 Å². The van der Waals surface area contributed by atoms with Crippen LogP contribution in [0.2, 0.25) is 0 Å². The lowest BCUT2D eigenvalue weighted by Gasteiger charge is -2.23. The first-order valence-electron chi connectivity index (χ1n) is 10.4. The Hall–Kier alpha value is -3.93. The average molecular weight is 432 g/mol. The van der Waals surface area contributed by atoms with Crippen LogP contribution in [-0.4, -0.2) is 31.9 Å². The molecule has 4 aromatic rings. The number of furan rings is 1. The molecule has 1 amide bonds. The van der Waals surface area contributed by atoms with Crippen LogP contribution in [0.1, 0.15) is 44.6 Å². The largest absolute Gasteiger partial charge is 0.456 e. The molecule has 1 unspecified atom stereocenters. The van der Waals surface area contributed by atoms with Gasteiger partial charge in [-0.1, -0.05) is 30.3 Å². The lowest BCUT2D eigenvalue weighted by Crippen LogP contribution is -2.37. The molecule has 4 rings (SSSR count). The summed E-state index contributed by atoms with van der Waals surface area (Å²) in [7, 11) is 0. The number of rotatable bonds is 6. The summed E-state index contributed by atoms with van der Waals surface area (Å²) in [6, 6.07) is 15.4. The SMILES string of the molecule is CC(C)(C)OC(=O)NC(Cc1ccc2c(c1)oc1ccccc12)c1nnnn1CCC#N. The number of hydrogen-bond donors (Lipinski definition) is 1. The third-order valence-corrected chi connectivity index (χ3v) is 4.88. The number of benzene rings is 2. The standard InChI is InChI=1S/C23H24N6O3/c1-23(2,3)32-22(30)25-18(21-26-27-28-29(21)12-6-11-24)13-15-9-10-17-16-7-4-5-8-19(16)31-20(17)14-15/h4-5,7-10,14,18H,6,12-13H2,1-3H3,(H,25,30). The average Bonchev–Trinajstić information content (AvgIpc) is 3.34. The van der Waals surface area contributed by atoms with Crippen molar-refractivity contribution in [2.45, 2.75) is 51.8 Å². The van der Waals surface area contributed by atoms with Gasteiger partial charge < -0.3 is 14.5 Å². The van der Waals surface area contributed by atoms with Crippen molar-refractivity contribution in [1.29, 1.82) is 5.26 Å². The molecule has 32 heavy (non-hydrogen) atoms. The van der Waals surface area contributed by atoms with Gasteiger partial charge in [0.25, 0.3) is 0 Å². The molecule has 1 N–H and O–H groups in total. The van der Waals surface area contributed by atoms with Crippen LogP contribution in [0, 0.1) is 11.3 Å². The molecule has 164 valence electrons. The second-order valence-corrected chi connectivity index (χ2v) is 8.50. The number of ether oxygens (including phenoxy) is 1. The van der Waals surface area contributed by atoms with Crippen LogP contribution < -0.4 is 5.32 Å². The smallest absolute Gasteiger partial charge is 0.408 e. The van der Waals surface area contributed by atoms with Gasteiger partial charge in [-0.3, -0.25) is 0 Å². The van der Waals surface area contributed by atoms with Crippen molar-refractivity contribution in [3.05, 3.63) is 53.9 Å². The number of tetrazole rings is 1. The van der Waals surface area contributed by atoms with Gasteiger partial charge in [0.1, 0.15) is 16.8 Å².